The van der Waals surface area contributed by atoms with Gasteiger partial charge in [0.05, 0.1) is 14.2 Å². The number of rotatable bonds is 6. The normalized spacial score (nSPS) is 10.0. The first-order valence-electron chi connectivity index (χ1n) is 7.60. The van der Waals surface area contributed by atoms with Crippen molar-refractivity contribution in [2.75, 3.05) is 19.5 Å². The largest absolute Gasteiger partial charge is 0.493 e. The summed E-state index contributed by atoms with van der Waals surface area (Å²) < 4.78 is 10.5. The van der Waals surface area contributed by atoms with Crippen LogP contribution in [-0.4, -0.2) is 26.2 Å². The number of hydrogen-bond acceptors (Lipinski definition) is 4. The molecule has 2 aromatic rings. The maximum Gasteiger partial charge on any atom is 0.312 e. The maximum absolute atomic E-state index is 12.4. The second-order valence-electron chi connectivity index (χ2n) is 5.39. The van der Waals surface area contributed by atoms with Gasteiger partial charge in [-0.1, -0.05) is 12.1 Å². The predicted octanol–water partition coefficient (Wildman–Crippen LogP) is 2.43. The van der Waals surface area contributed by atoms with Crippen LogP contribution < -0.4 is 25.8 Å². The first-order chi connectivity index (χ1) is 11.9. The van der Waals surface area contributed by atoms with Crippen LogP contribution in [0.15, 0.2) is 36.4 Å². The molecule has 0 unspecified atom stereocenters. The van der Waals surface area contributed by atoms with Gasteiger partial charge in [0, 0.05) is 23.9 Å². The lowest BCUT2D eigenvalue weighted by Crippen LogP contribution is -2.28. The molecule has 0 aliphatic rings. The van der Waals surface area contributed by atoms with Crippen molar-refractivity contribution in [1.82, 2.24) is 5.32 Å². The van der Waals surface area contributed by atoms with Crippen LogP contribution in [0, 0.1) is 6.92 Å². The number of carbonyl (C=O) groups excluding carboxylic acids is 2. The van der Waals surface area contributed by atoms with E-state index in [4.69, 9.17) is 15.2 Å². The van der Waals surface area contributed by atoms with Crippen molar-refractivity contribution in [2.45, 2.75) is 13.5 Å². The highest BCUT2D eigenvalue weighted by atomic mass is 16.5. The Labute approximate surface area is 146 Å². The minimum Gasteiger partial charge on any atom is -0.493 e. The molecule has 3 amide bonds. The van der Waals surface area contributed by atoms with Crippen LogP contribution in [-0.2, 0) is 6.54 Å². The summed E-state index contributed by atoms with van der Waals surface area (Å²) in [6.07, 6.45) is 0. The van der Waals surface area contributed by atoms with Gasteiger partial charge in [-0.15, -0.1) is 0 Å². The number of aryl methyl sites for hydroxylation is 1. The summed E-state index contributed by atoms with van der Waals surface area (Å²) in [6.45, 7) is 2.18. The Bertz CT molecular complexity index is 773. The lowest BCUT2D eigenvalue weighted by molar-refractivity contribution is 0.102. The fourth-order valence-corrected chi connectivity index (χ4v) is 2.27. The molecule has 4 N–H and O–H groups in total. The van der Waals surface area contributed by atoms with E-state index in [0.29, 0.717) is 29.3 Å². The molecule has 7 nitrogen and oxygen atoms in total. The van der Waals surface area contributed by atoms with Gasteiger partial charge in [-0.3, -0.25) is 4.79 Å². The molecular weight excluding hydrogens is 322 g/mol. The molecule has 2 aromatic carbocycles. The van der Waals surface area contributed by atoms with Crippen LogP contribution in [0.2, 0.25) is 0 Å². The van der Waals surface area contributed by atoms with Crippen molar-refractivity contribution in [3.8, 4) is 11.5 Å². The van der Waals surface area contributed by atoms with Gasteiger partial charge in [0.2, 0.25) is 0 Å². The van der Waals surface area contributed by atoms with E-state index in [1.54, 1.807) is 43.5 Å². The molecule has 0 aliphatic carbocycles. The minimum atomic E-state index is -0.592. The third kappa shape index (κ3) is 4.63. The zero-order valence-corrected chi connectivity index (χ0v) is 14.4. The summed E-state index contributed by atoms with van der Waals surface area (Å²) in [7, 11) is 3.10. The summed E-state index contributed by atoms with van der Waals surface area (Å²) in [4.78, 5) is 23.1. The van der Waals surface area contributed by atoms with Gasteiger partial charge in [-0.2, -0.15) is 0 Å². The van der Waals surface area contributed by atoms with Crippen molar-refractivity contribution < 1.29 is 19.1 Å². The van der Waals surface area contributed by atoms with Gasteiger partial charge in [0.15, 0.2) is 11.5 Å². The molecule has 25 heavy (non-hydrogen) atoms. The van der Waals surface area contributed by atoms with Crippen molar-refractivity contribution in [3.05, 3.63) is 53.1 Å². The quantitative estimate of drug-likeness (QED) is 0.749. The lowest BCUT2D eigenvalue weighted by atomic mass is 10.1. The van der Waals surface area contributed by atoms with Gasteiger partial charge in [0.1, 0.15) is 0 Å². The van der Waals surface area contributed by atoms with E-state index in [-0.39, 0.29) is 5.91 Å². The number of nitrogens with two attached hydrogens (primary N) is 1. The van der Waals surface area contributed by atoms with E-state index in [9.17, 15) is 9.59 Å². The highest BCUT2D eigenvalue weighted by Gasteiger charge is 2.12. The summed E-state index contributed by atoms with van der Waals surface area (Å²) in [6, 6.07) is 9.81. The number of nitrogens with one attached hydrogen (secondary N) is 2. The Morgan fingerprint density at radius 3 is 2.20 bits per heavy atom. The predicted molar refractivity (Wildman–Crippen MR) is 95.1 cm³/mol. The molecule has 0 atom stereocenters. The Kier molecular flexibility index (Phi) is 5.84. The molecular formula is C18H21N3O4. The zero-order chi connectivity index (χ0) is 18.4. The number of amides is 3. The summed E-state index contributed by atoms with van der Waals surface area (Å²) in [5.74, 6) is 0.894. The highest BCUT2D eigenvalue weighted by Crippen LogP contribution is 2.33. The van der Waals surface area contributed by atoms with E-state index < -0.39 is 6.03 Å². The van der Waals surface area contributed by atoms with E-state index in [1.165, 1.54) is 7.11 Å². The fourth-order valence-electron chi connectivity index (χ4n) is 2.27. The number of ether oxygens (including phenoxy) is 2. The van der Waals surface area contributed by atoms with Crippen molar-refractivity contribution >= 4 is 17.6 Å². The van der Waals surface area contributed by atoms with Crippen LogP contribution in [0.4, 0.5) is 10.5 Å². The van der Waals surface area contributed by atoms with Gasteiger partial charge in [-0.25, -0.2) is 4.79 Å². The number of methoxy groups -OCH3 is 2. The molecule has 0 saturated carbocycles. The average Bonchev–Trinajstić information content (AvgIpc) is 2.61. The number of benzene rings is 2. The molecule has 0 fully saturated rings. The lowest BCUT2D eigenvalue weighted by Gasteiger charge is -2.14. The first-order valence-corrected chi connectivity index (χ1v) is 7.60. The number of carbonyl (C=O) groups is 2. The van der Waals surface area contributed by atoms with Gasteiger partial charge in [0.25, 0.3) is 5.91 Å². The number of primary amides is 1. The van der Waals surface area contributed by atoms with Crippen LogP contribution in [0.25, 0.3) is 0 Å². The van der Waals surface area contributed by atoms with E-state index in [1.807, 2.05) is 6.92 Å². The topological polar surface area (TPSA) is 103 Å². The SMILES string of the molecule is COc1cc(C)c(NC(=O)c2ccc(CNC(N)=O)cc2)cc1OC. The molecule has 0 radical (unpaired) electrons. The second-order valence-corrected chi connectivity index (χ2v) is 5.39. The Balaban J connectivity index is 2.12. The molecule has 0 aliphatic heterocycles. The van der Waals surface area contributed by atoms with Gasteiger partial charge in [-0.05, 0) is 36.2 Å². The average molecular weight is 343 g/mol. The smallest absolute Gasteiger partial charge is 0.312 e. The van der Waals surface area contributed by atoms with Crippen molar-refractivity contribution in [1.29, 1.82) is 0 Å². The molecule has 0 aromatic heterocycles. The standard InChI is InChI=1S/C18H21N3O4/c1-11-8-15(24-2)16(25-3)9-14(11)21-17(22)13-6-4-12(5-7-13)10-20-18(19)23/h4-9H,10H2,1-3H3,(H,21,22)(H3,19,20,23). The maximum atomic E-state index is 12.4. The Morgan fingerprint density at radius 2 is 1.64 bits per heavy atom. The van der Waals surface area contributed by atoms with E-state index in [2.05, 4.69) is 10.6 Å². The van der Waals surface area contributed by atoms with Crippen LogP contribution in [0.1, 0.15) is 21.5 Å². The fraction of sp³-hybridized carbons (Fsp3) is 0.222. The Morgan fingerprint density at radius 1 is 1.04 bits per heavy atom. The van der Waals surface area contributed by atoms with E-state index in [0.717, 1.165) is 11.1 Å². The summed E-state index contributed by atoms with van der Waals surface area (Å²) in [5, 5.41) is 5.35. The molecule has 0 heterocycles. The second kappa shape index (κ2) is 8.05. The molecule has 0 spiro atoms. The number of hydrogen-bond donors (Lipinski definition) is 3. The monoisotopic (exact) mass is 343 g/mol. The van der Waals surface area contributed by atoms with Crippen LogP contribution in [0.3, 0.4) is 0 Å². The van der Waals surface area contributed by atoms with Crippen molar-refractivity contribution in [3.63, 3.8) is 0 Å². The summed E-state index contributed by atoms with van der Waals surface area (Å²) >= 11 is 0. The van der Waals surface area contributed by atoms with Crippen LogP contribution >= 0.6 is 0 Å². The highest BCUT2D eigenvalue weighted by molar-refractivity contribution is 6.04. The summed E-state index contributed by atoms with van der Waals surface area (Å²) in [5.41, 5.74) is 7.87. The third-order valence-corrected chi connectivity index (χ3v) is 3.66. The molecule has 0 saturated heterocycles. The zero-order valence-electron chi connectivity index (χ0n) is 14.4. The molecule has 132 valence electrons. The van der Waals surface area contributed by atoms with Gasteiger partial charge < -0.3 is 25.8 Å². The number of anilines is 1. The van der Waals surface area contributed by atoms with E-state index >= 15 is 0 Å². The third-order valence-electron chi connectivity index (χ3n) is 3.66. The van der Waals surface area contributed by atoms with Crippen molar-refractivity contribution in [2.24, 2.45) is 5.73 Å². The molecule has 7 heteroatoms. The first kappa shape index (κ1) is 18.1. The Hall–Kier alpha value is -3.22. The van der Waals surface area contributed by atoms with Crippen LogP contribution in [0.5, 0.6) is 11.5 Å². The van der Waals surface area contributed by atoms with Gasteiger partial charge >= 0.3 is 6.03 Å². The molecule has 2 rings (SSSR count). The molecule has 0 bridgehead atoms. The number of urea groups is 1. The minimum absolute atomic E-state index is 0.246.